The van der Waals surface area contributed by atoms with Gasteiger partial charge in [-0.2, -0.15) is 5.10 Å². The van der Waals surface area contributed by atoms with Crippen molar-refractivity contribution in [3.63, 3.8) is 0 Å². The van der Waals surface area contributed by atoms with E-state index in [1.54, 1.807) is 30.4 Å². The molecule has 0 bridgehead atoms. The molecule has 1 aliphatic carbocycles. The number of aliphatic hydroxyl groups is 1. The van der Waals surface area contributed by atoms with Crippen molar-refractivity contribution in [3.8, 4) is 0 Å². The fraction of sp³-hybridized carbons (Fsp3) is 0.0667. The lowest BCUT2D eigenvalue weighted by molar-refractivity contribution is 0.0954. The van der Waals surface area contributed by atoms with Crippen LogP contribution < -0.4 is 5.43 Å². The monoisotopic (exact) mass is 488 g/mol. The summed E-state index contributed by atoms with van der Waals surface area (Å²) in [6.45, 7) is 0. The number of hydrogen-bond donors (Lipinski definition) is 2. The Hall–Kier alpha value is -1.18. The number of nitrogens with one attached hydrogen (secondary N) is 1. The Labute approximate surface area is 153 Å². The van der Waals surface area contributed by atoms with Crippen LogP contribution in [0.4, 0.5) is 0 Å². The number of aliphatic hydroxyl groups excluding tert-OH is 1. The Balaban J connectivity index is 2.02. The first-order valence-corrected chi connectivity index (χ1v) is 8.58. The van der Waals surface area contributed by atoms with E-state index in [9.17, 15) is 9.90 Å². The summed E-state index contributed by atoms with van der Waals surface area (Å²) in [6, 6.07) is 5.26. The maximum atomic E-state index is 12.0. The number of halogens is 3. The summed E-state index contributed by atoms with van der Waals surface area (Å²) in [4.78, 5) is 12.0. The van der Waals surface area contributed by atoms with Crippen LogP contribution in [-0.4, -0.2) is 17.2 Å². The van der Waals surface area contributed by atoms with E-state index in [1.165, 1.54) is 6.21 Å². The lowest BCUT2D eigenvalue weighted by atomic mass is 10.1. The topological polar surface area (TPSA) is 61.7 Å². The van der Waals surface area contributed by atoms with Gasteiger partial charge in [0.05, 0.1) is 5.56 Å². The van der Waals surface area contributed by atoms with Gasteiger partial charge in [0.2, 0.25) is 0 Å². The van der Waals surface area contributed by atoms with E-state index in [1.807, 2.05) is 12.2 Å². The normalized spacial score (nSPS) is 17.9. The molecule has 0 saturated heterocycles. The van der Waals surface area contributed by atoms with Crippen LogP contribution in [0.15, 0.2) is 66.8 Å². The lowest BCUT2D eigenvalue weighted by Crippen LogP contribution is -2.18. The van der Waals surface area contributed by atoms with Crippen molar-refractivity contribution in [2.75, 3.05) is 0 Å². The molecule has 4 nitrogen and oxygen atoms in total. The van der Waals surface area contributed by atoms with E-state index in [0.29, 0.717) is 10.0 Å². The van der Waals surface area contributed by atoms with Crippen LogP contribution in [0.2, 0.25) is 0 Å². The highest BCUT2D eigenvalue weighted by molar-refractivity contribution is 9.12. The number of rotatable bonds is 3. The minimum absolute atomic E-state index is 0.135. The number of benzene rings is 1. The zero-order valence-electron chi connectivity index (χ0n) is 11.1. The minimum atomic E-state index is -0.319. The predicted octanol–water partition coefficient (Wildman–Crippen LogP) is 4.83. The number of allylic oxidation sites excluding steroid dienone is 5. The number of hydrazone groups is 1. The summed E-state index contributed by atoms with van der Waals surface area (Å²) in [5, 5.41) is 13.6. The molecule has 0 fully saturated rings. The van der Waals surface area contributed by atoms with Crippen LogP contribution in [0.3, 0.4) is 0 Å². The number of hydrogen-bond acceptors (Lipinski definition) is 3. The maximum absolute atomic E-state index is 12.0. The predicted molar refractivity (Wildman–Crippen MR) is 98.2 cm³/mol. The average Bonchev–Trinajstić information content (AvgIpc) is 2.59. The highest BCUT2D eigenvalue weighted by Gasteiger charge is 2.09. The van der Waals surface area contributed by atoms with E-state index >= 15 is 0 Å². The molecule has 7 heteroatoms. The minimum Gasteiger partial charge on any atom is -0.508 e. The van der Waals surface area contributed by atoms with Crippen molar-refractivity contribution in [1.29, 1.82) is 0 Å². The van der Waals surface area contributed by atoms with Gasteiger partial charge >= 0.3 is 0 Å². The van der Waals surface area contributed by atoms with Crippen molar-refractivity contribution in [2.24, 2.45) is 11.0 Å². The quantitative estimate of drug-likeness (QED) is 0.471. The molecule has 1 aromatic carbocycles. The van der Waals surface area contributed by atoms with Crippen molar-refractivity contribution < 1.29 is 9.90 Å². The molecule has 0 spiro atoms. The van der Waals surface area contributed by atoms with E-state index < -0.39 is 0 Å². The van der Waals surface area contributed by atoms with E-state index in [2.05, 4.69) is 58.3 Å². The number of carbonyl (C=O) groups excluding carboxylic acids is 1. The fourth-order valence-electron chi connectivity index (χ4n) is 1.70. The smallest absolute Gasteiger partial charge is 0.272 e. The van der Waals surface area contributed by atoms with Gasteiger partial charge in [0, 0.05) is 25.6 Å². The molecular formula is C15H11Br3N2O2. The second kappa shape index (κ2) is 7.89. The summed E-state index contributed by atoms with van der Waals surface area (Å²) < 4.78 is 2.32. The Morgan fingerprint density at radius 3 is 2.82 bits per heavy atom. The average molecular weight is 491 g/mol. The molecule has 0 aromatic heterocycles. The molecule has 0 radical (unpaired) electrons. The molecule has 1 unspecified atom stereocenters. The van der Waals surface area contributed by atoms with Crippen molar-refractivity contribution in [1.82, 2.24) is 5.43 Å². The zero-order valence-corrected chi connectivity index (χ0v) is 15.9. The number of nitrogens with zero attached hydrogens (tertiary/aromatic N) is 1. The second-order valence-electron chi connectivity index (χ2n) is 4.40. The van der Waals surface area contributed by atoms with E-state index in [4.69, 9.17) is 0 Å². The summed E-state index contributed by atoms with van der Waals surface area (Å²) in [5.41, 5.74) is 2.95. The van der Waals surface area contributed by atoms with Gasteiger partial charge in [-0.1, -0.05) is 44.0 Å². The molecule has 0 saturated carbocycles. The van der Waals surface area contributed by atoms with E-state index in [-0.39, 0.29) is 17.6 Å². The summed E-state index contributed by atoms with van der Waals surface area (Å²) in [7, 11) is 0. The summed E-state index contributed by atoms with van der Waals surface area (Å²) in [6.07, 6.45) is 8.40. The van der Waals surface area contributed by atoms with Gasteiger partial charge in [-0.3, -0.25) is 4.79 Å². The van der Waals surface area contributed by atoms with Crippen molar-refractivity contribution in [2.45, 2.75) is 0 Å². The molecule has 114 valence electrons. The third-order valence-electron chi connectivity index (χ3n) is 2.72. The highest BCUT2D eigenvalue weighted by atomic mass is 79.9. The van der Waals surface area contributed by atoms with Crippen LogP contribution in [0.25, 0.3) is 0 Å². The molecule has 2 rings (SSSR count). The molecule has 0 heterocycles. The molecule has 0 aliphatic heterocycles. The summed E-state index contributed by atoms with van der Waals surface area (Å²) >= 11 is 9.95. The third kappa shape index (κ3) is 4.93. The maximum Gasteiger partial charge on any atom is 0.272 e. The Morgan fingerprint density at radius 1 is 1.32 bits per heavy atom. The van der Waals surface area contributed by atoms with Crippen LogP contribution in [0.5, 0.6) is 0 Å². The third-order valence-corrected chi connectivity index (χ3v) is 4.36. The van der Waals surface area contributed by atoms with Crippen molar-refractivity contribution >= 4 is 59.9 Å². The molecule has 2 N–H and O–H groups in total. The molecule has 1 amide bonds. The van der Waals surface area contributed by atoms with Gasteiger partial charge in [-0.05, 0) is 46.3 Å². The lowest BCUT2D eigenvalue weighted by Gasteiger charge is -2.04. The van der Waals surface area contributed by atoms with Gasteiger partial charge in [-0.25, -0.2) is 5.43 Å². The van der Waals surface area contributed by atoms with Gasteiger partial charge in [-0.15, -0.1) is 0 Å². The largest absolute Gasteiger partial charge is 0.508 e. The summed E-state index contributed by atoms with van der Waals surface area (Å²) in [5.74, 6) is -0.393. The zero-order chi connectivity index (χ0) is 16.1. The van der Waals surface area contributed by atoms with Crippen LogP contribution in [-0.2, 0) is 0 Å². The molecule has 1 atom stereocenters. The highest BCUT2D eigenvalue weighted by Crippen LogP contribution is 2.22. The molecule has 1 aromatic rings. The first-order valence-electron chi connectivity index (χ1n) is 6.20. The van der Waals surface area contributed by atoms with Gasteiger partial charge < -0.3 is 5.11 Å². The van der Waals surface area contributed by atoms with Gasteiger partial charge in [0.25, 0.3) is 5.91 Å². The van der Waals surface area contributed by atoms with Crippen LogP contribution >= 0.6 is 47.8 Å². The first-order chi connectivity index (χ1) is 10.5. The Morgan fingerprint density at radius 2 is 2.09 bits per heavy atom. The first kappa shape index (κ1) is 17.2. The standard InChI is InChI=1S/C15H11Br3N2O2/c16-10-2-1-9(5-12(21)6-10)8-19-20-15(22)13-4-3-11(17)7-14(13)18/h1-9,21H,(H,20,22)/b19-8+. The fourth-order valence-corrected chi connectivity index (χ4v) is 3.32. The van der Waals surface area contributed by atoms with Crippen LogP contribution in [0.1, 0.15) is 10.4 Å². The Bertz CT molecular complexity index is 709. The molecular weight excluding hydrogens is 480 g/mol. The molecule has 1 aliphatic rings. The van der Waals surface area contributed by atoms with Crippen LogP contribution in [0, 0.1) is 5.92 Å². The van der Waals surface area contributed by atoms with E-state index in [0.717, 1.165) is 8.96 Å². The second-order valence-corrected chi connectivity index (χ2v) is 7.09. The van der Waals surface area contributed by atoms with Gasteiger partial charge in [0.1, 0.15) is 5.76 Å². The van der Waals surface area contributed by atoms with Crippen molar-refractivity contribution in [3.05, 3.63) is 67.3 Å². The SMILES string of the molecule is O=C(N/N=C/C1C=CC(Br)=CC(O)=C1)c1ccc(Br)cc1Br. The number of amides is 1. The number of carbonyl (C=O) groups is 1. The Kier molecular flexibility index (Phi) is 6.16. The van der Waals surface area contributed by atoms with Gasteiger partial charge in [0.15, 0.2) is 0 Å². The molecule has 22 heavy (non-hydrogen) atoms.